The number of halogens is 1. The standard InChI is InChI=1S/C15H21ClN2O5S/c1-15(2,3)17-13(19)9-23-14(20)11-8-10(6-7-12(11)16)24(21,22)18(4)5/h6-8H,9H2,1-5H3,(H,17,19). The molecule has 0 aliphatic rings. The van der Waals surface area contributed by atoms with Gasteiger partial charge < -0.3 is 10.1 Å². The van der Waals surface area contributed by atoms with Crippen molar-refractivity contribution in [2.24, 2.45) is 0 Å². The number of carbonyl (C=O) groups is 2. The number of hydrogen-bond donors (Lipinski definition) is 1. The van der Waals surface area contributed by atoms with E-state index in [-0.39, 0.29) is 15.5 Å². The molecule has 0 aliphatic heterocycles. The molecule has 134 valence electrons. The highest BCUT2D eigenvalue weighted by atomic mass is 35.5. The van der Waals surface area contributed by atoms with Gasteiger partial charge >= 0.3 is 5.97 Å². The first-order chi connectivity index (χ1) is 10.8. The summed E-state index contributed by atoms with van der Waals surface area (Å²) in [4.78, 5) is 23.7. The van der Waals surface area contributed by atoms with Crippen molar-refractivity contribution in [2.75, 3.05) is 20.7 Å². The summed E-state index contributed by atoms with van der Waals surface area (Å²) < 4.78 is 30.1. The van der Waals surface area contributed by atoms with E-state index in [0.29, 0.717) is 0 Å². The van der Waals surface area contributed by atoms with Gasteiger partial charge in [-0.25, -0.2) is 17.5 Å². The van der Waals surface area contributed by atoms with E-state index in [0.717, 1.165) is 10.4 Å². The van der Waals surface area contributed by atoms with E-state index < -0.39 is 34.0 Å². The quantitative estimate of drug-likeness (QED) is 0.789. The summed E-state index contributed by atoms with van der Waals surface area (Å²) in [6, 6.07) is 3.71. The summed E-state index contributed by atoms with van der Waals surface area (Å²) in [7, 11) is -0.970. The predicted octanol–water partition coefficient (Wildman–Crippen LogP) is 1.66. The van der Waals surface area contributed by atoms with Crippen LogP contribution >= 0.6 is 11.6 Å². The minimum absolute atomic E-state index is 0.0361. The predicted molar refractivity (Wildman–Crippen MR) is 90.5 cm³/mol. The maximum Gasteiger partial charge on any atom is 0.340 e. The van der Waals surface area contributed by atoms with Crippen molar-refractivity contribution in [3.05, 3.63) is 28.8 Å². The molecule has 1 N–H and O–H groups in total. The van der Waals surface area contributed by atoms with Crippen LogP contribution in [-0.2, 0) is 19.6 Å². The van der Waals surface area contributed by atoms with E-state index in [1.165, 1.54) is 26.2 Å². The lowest BCUT2D eigenvalue weighted by atomic mass is 10.1. The van der Waals surface area contributed by atoms with Gasteiger partial charge in [-0.2, -0.15) is 0 Å². The molecule has 0 radical (unpaired) electrons. The average molecular weight is 377 g/mol. The first kappa shape index (κ1) is 20.4. The van der Waals surface area contributed by atoms with Crippen LogP contribution < -0.4 is 5.32 Å². The highest BCUT2D eigenvalue weighted by molar-refractivity contribution is 7.89. The van der Waals surface area contributed by atoms with Crippen LogP contribution in [0.1, 0.15) is 31.1 Å². The van der Waals surface area contributed by atoms with Gasteiger partial charge in [-0.3, -0.25) is 4.79 Å². The Balaban J connectivity index is 2.94. The lowest BCUT2D eigenvalue weighted by Gasteiger charge is -2.20. The van der Waals surface area contributed by atoms with Crippen LogP contribution in [0.5, 0.6) is 0 Å². The van der Waals surface area contributed by atoms with Gasteiger partial charge in [0.25, 0.3) is 5.91 Å². The van der Waals surface area contributed by atoms with Crippen LogP contribution in [0.3, 0.4) is 0 Å². The topological polar surface area (TPSA) is 92.8 Å². The zero-order chi connectivity index (χ0) is 18.7. The molecule has 0 saturated carbocycles. The van der Waals surface area contributed by atoms with E-state index in [4.69, 9.17) is 16.3 Å². The molecule has 0 fully saturated rings. The smallest absolute Gasteiger partial charge is 0.340 e. The van der Waals surface area contributed by atoms with Gasteiger partial charge in [-0.15, -0.1) is 0 Å². The molecule has 0 aliphatic carbocycles. The molecule has 1 rings (SSSR count). The molecule has 0 spiro atoms. The summed E-state index contributed by atoms with van der Waals surface area (Å²) in [6.45, 7) is 4.88. The monoisotopic (exact) mass is 376 g/mol. The third-order valence-corrected chi connectivity index (χ3v) is 4.93. The van der Waals surface area contributed by atoms with Crippen molar-refractivity contribution in [1.82, 2.24) is 9.62 Å². The number of benzene rings is 1. The summed E-state index contributed by atoms with van der Waals surface area (Å²) in [5.74, 6) is -1.34. The number of hydrogen-bond acceptors (Lipinski definition) is 5. The van der Waals surface area contributed by atoms with Gasteiger partial charge in [-0.1, -0.05) is 11.6 Å². The largest absolute Gasteiger partial charge is 0.452 e. The normalized spacial score (nSPS) is 12.1. The van der Waals surface area contributed by atoms with Gasteiger partial charge in [0.1, 0.15) is 0 Å². The van der Waals surface area contributed by atoms with Crippen molar-refractivity contribution < 1.29 is 22.7 Å². The molecule has 0 bridgehead atoms. The number of nitrogens with zero attached hydrogens (tertiary/aromatic N) is 1. The molecule has 0 heterocycles. The van der Waals surface area contributed by atoms with Crippen molar-refractivity contribution in [2.45, 2.75) is 31.2 Å². The average Bonchev–Trinajstić information content (AvgIpc) is 2.43. The number of esters is 1. The maximum atomic E-state index is 12.1. The fourth-order valence-corrected chi connectivity index (χ4v) is 2.82. The number of amides is 1. The molecule has 0 saturated heterocycles. The van der Waals surface area contributed by atoms with Crippen molar-refractivity contribution in [1.29, 1.82) is 0 Å². The zero-order valence-corrected chi connectivity index (χ0v) is 15.8. The summed E-state index contributed by atoms with van der Waals surface area (Å²) in [6.07, 6.45) is 0. The van der Waals surface area contributed by atoms with Crippen LogP contribution in [0.15, 0.2) is 23.1 Å². The third kappa shape index (κ3) is 5.47. The number of ether oxygens (including phenoxy) is 1. The second-order valence-electron chi connectivity index (χ2n) is 6.30. The van der Waals surface area contributed by atoms with Crippen LogP contribution in [-0.4, -0.2) is 50.8 Å². The van der Waals surface area contributed by atoms with Gasteiger partial charge in [0.05, 0.1) is 15.5 Å². The molecule has 1 amide bonds. The second-order valence-corrected chi connectivity index (χ2v) is 8.86. The maximum absolute atomic E-state index is 12.1. The fraction of sp³-hybridized carbons (Fsp3) is 0.467. The molecule has 7 nitrogen and oxygen atoms in total. The summed E-state index contributed by atoms with van der Waals surface area (Å²) in [5.41, 5.74) is -0.580. The lowest BCUT2D eigenvalue weighted by Crippen LogP contribution is -2.42. The van der Waals surface area contributed by atoms with E-state index in [9.17, 15) is 18.0 Å². The van der Waals surface area contributed by atoms with E-state index in [1.54, 1.807) is 20.8 Å². The van der Waals surface area contributed by atoms with Crippen LogP contribution in [0.4, 0.5) is 0 Å². The Morgan fingerprint density at radius 3 is 2.33 bits per heavy atom. The Morgan fingerprint density at radius 2 is 1.83 bits per heavy atom. The molecular weight excluding hydrogens is 356 g/mol. The second kappa shape index (κ2) is 7.50. The number of rotatable bonds is 5. The number of carbonyl (C=O) groups excluding carboxylic acids is 2. The zero-order valence-electron chi connectivity index (χ0n) is 14.2. The van der Waals surface area contributed by atoms with E-state index in [1.807, 2.05) is 0 Å². The minimum Gasteiger partial charge on any atom is -0.452 e. The summed E-state index contributed by atoms with van der Waals surface area (Å²) in [5, 5.41) is 2.68. The fourth-order valence-electron chi connectivity index (χ4n) is 1.70. The SMILES string of the molecule is CN(C)S(=O)(=O)c1ccc(Cl)c(C(=O)OCC(=O)NC(C)(C)C)c1. The highest BCUT2D eigenvalue weighted by Crippen LogP contribution is 2.22. The van der Waals surface area contributed by atoms with E-state index in [2.05, 4.69) is 5.32 Å². The molecule has 0 unspecified atom stereocenters. The van der Waals surface area contributed by atoms with Crippen LogP contribution in [0, 0.1) is 0 Å². The Kier molecular flexibility index (Phi) is 6.38. The van der Waals surface area contributed by atoms with Crippen molar-refractivity contribution >= 4 is 33.5 Å². The highest BCUT2D eigenvalue weighted by Gasteiger charge is 2.22. The molecule has 24 heavy (non-hydrogen) atoms. The molecule has 0 aromatic heterocycles. The summed E-state index contributed by atoms with van der Waals surface area (Å²) >= 11 is 5.93. The Bertz CT molecular complexity index is 739. The minimum atomic E-state index is -3.72. The first-order valence-electron chi connectivity index (χ1n) is 7.05. The van der Waals surface area contributed by atoms with E-state index >= 15 is 0 Å². The Hall–Kier alpha value is -1.64. The number of sulfonamides is 1. The molecular formula is C15H21ClN2O5S. The Morgan fingerprint density at radius 1 is 1.25 bits per heavy atom. The van der Waals surface area contributed by atoms with Crippen LogP contribution in [0.2, 0.25) is 5.02 Å². The third-order valence-electron chi connectivity index (χ3n) is 2.79. The number of nitrogens with one attached hydrogen (secondary N) is 1. The Labute approximate surface area is 147 Å². The van der Waals surface area contributed by atoms with Gasteiger partial charge in [0.2, 0.25) is 10.0 Å². The lowest BCUT2D eigenvalue weighted by molar-refractivity contribution is -0.125. The molecule has 0 atom stereocenters. The van der Waals surface area contributed by atoms with Crippen molar-refractivity contribution in [3.63, 3.8) is 0 Å². The van der Waals surface area contributed by atoms with Gasteiger partial charge in [0.15, 0.2) is 6.61 Å². The molecule has 1 aromatic rings. The van der Waals surface area contributed by atoms with Gasteiger partial charge in [0, 0.05) is 19.6 Å². The van der Waals surface area contributed by atoms with Crippen LogP contribution in [0.25, 0.3) is 0 Å². The first-order valence-corrected chi connectivity index (χ1v) is 8.86. The van der Waals surface area contributed by atoms with Crippen molar-refractivity contribution in [3.8, 4) is 0 Å². The molecule has 1 aromatic carbocycles. The molecule has 9 heteroatoms. The van der Waals surface area contributed by atoms with Gasteiger partial charge in [-0.05, 0) is 39.0 Å².